The summed E-state index contributed by atoms with van der Waals surface area (Å²) in [5.41, 5.74) is 0. The van der Waals surface area contributed by atoms with Crippen molar-refractivity contribution in [3.8, 4) is 0 Å². The molecule has 0 amide bonds. The predicted molar refractivity (Wildman–Crippen MR) is 126 cm³/mol. The highest BCUT2D eigenvalue weighted by Gasteiger charge is 2.04. The summed E-state index contributed by atoms with van der Waals surface area (Å²) in [4.78, 5) is 11.3. The predicted octanol–water partition coefficient (Wildman–Crippen LogP) is 5.97. The maximum absolute atomic E-state index is 11.3. The summed E-state index contributed by atoms with van der Waals surface area (Å²) < 4.78 is 4.73. The van der Waals surface area contributed by atoms with E-state index in [2.05, 4.69) is 19.1 Å². The Balaban J connectivity index is 3.58. The van der Waals surface area contributed by atoms with Gasteiger partial charge in [-0.25, -0.2) is 4.79 Å². The molecule has 0 spiro atoms. The van der Waals surface area contributed by atoms with Crippen molar-refractivity contribution in [1.29, 1.82) is 0 Å². The van der Waals surface area contributed by atoms with Crippen molar-refractivity contribution >= 4 is 5.97 Å². The first kappa shape index (κ1) is 28.1. The number of aliphatic hydroxyl groups excluding tert-OH is 2. The highest BCUT2D eigenvalue weighted by molar-refractivity contribution is 5.82. The molecule has 4 nitrogen and oxygen atoms in total. The second-order valence-electron chi connectivity index (χ2n) is 7.38. The van der Waals surface area contributed by atoms with Crippen LogP contribution >= 0.6 is 0 Å². The van der Waals surface area contributed by atoms with E-state index in [1.54, 1.807) is 12.2 Å². The number of rotatable bonds is 19. The molecule has 0 heterocycles. The zero-order valence-electron chi connectivity index (χ0n) is 18.8. The molecule has 0 fully saturated rings. The Hall–Kier alpha value is -1.91. The van der Waals surface area contributed by atoms with Gasteiger partial charge in [-0.1, -0.05) is 119 Å². The summed E-state index contributed by atoms with van der Waals surface area (Å²) in [5, 5.41) is 17.7. The Morgan fingerprint density at radius 2 is 1.27 bits per heavy atom. The molecule has 0 rings (SSSR count). The highest BCUT2D eigenvalue weighted by Crippen LogP contribution is 2.11. The van der Waals surface area contributed by atoms with Crippen LogP contribution in [0, 0.1) is 0 Å². The monoisotopic (exact) mass is 418 g/mol. The van der Waals surface area contributed by atoms with Crippen molar-refractivity contribution in [2.75, 3.05) is 13.2 Å². The van der Waals surface area contributed by atoms with Gasteiger partial charge in [0.2, 0.25) is 0 Å². The van der Waals surface area contributed by atoms with Gasteiger partial charge in [-0.15, -0.1) is 0 Å². The molecular formula is C26H42O4. The topological polar surface area (TPSA) is 66.8 Å². The number of hydrogen-bond donors (Lipinski definition) is 2. The number of aliphatic hydroxyl groups is 2. The molecule has 0 saturated heterocycles. The minimum atomic E-state index is -1.03. The van der Waals surface area contributed by atoms with Crippen LogP contribution in [-0.2, 0) is 9.53 Å². The van der Waals surface area contributed by atoms with Crippen molar-refractivity contribution in [3.05, 3.63) is 60.8 Å². The molecule has 0 aliphatic rings. The number of carbonyl (C=O) groups excluding carboxylic acids is 1. The van der Waals surface area contributed by atoms with Gasteiger partial charge in [-0.2, -0.15) is 0 Å². The van der Waals surface area contributed by atoms with Crippen LogP contribution in [0.5, 0.6) is 0 Å². The minimum Gasteiger partial charge on any atom is -0.460 e. The zero-order chi connectivity index (χ0) is 22.1. The van der Waals surface area contributed by atoms with Gasteiger partial charge in [0.15, 0.2) is 0 Å². The molecule has 0 saturated carbocycles. The molecule has 0 aliphatic heterocycles. The van der Waals surface area contributed by atoms with E-state index in [0.717, 1.165) is 6.42 Å². The molecule has 30 heavy (non-hydrogen) atoms. The Morgan fingerprint density at radius 1 is 0.767 bits per heavy atom. The first-order valence-corrected chi connectivity index (χ1v) is 11.5. The molecule has 0 aromatic heterocycles. The molecule has 0 aromatic carbocycles. The lowest BCUT2D eigenvalue weighted by atomic mass is 10.1. The molecule has 4 heteroatoms. The largest absolute Gasteiger partial charge is 0.460 e. The third kappa shape index (κ3) is 22.4. The fourth-order valence-corrected chi connectivity index (χ4v) is 2.72. The van der Waals surface area contributed by atoms with E-state index in [1.165, 1.54) is 70.3 Å². The molecule has 1 unspecified atom stereocenters. The lowest BCUT2D eigenvalue weighted by Gasteiger charge is -2.05. The first-order valence-electron chi connectivity index (χ1n) is 11.5. The van der Waals surface area contributed by atoms with E-state index in [0.29, 0.717) is 0 Å². The van der Waals surface area contributed by atoms with Gasteiger partial charge >= 0.3 is 5.97 Å². The van der Waals surface area contributed by atoms with E-state index >= 15 is 0 Å². The zero-order valence-corrected chi connectivity index (χ0v) is 18.8. The average Bonchev–Trinajstić information content (AvgIpc) is 2.76. The average molecular weight is 419 g/mol. The van der Waals surface area contributed by atoms with Gasteiger partial charge in [0.1, 0.15) is 12.7 Å². The molecule has 0 aliphatic carbocycles. The van der Waals surface area contributed by atoms with Crippen molar-refractivity contribution in [1.82, 2.24) is 0 Å². The number of ether oxygens (including phenoxy) is 1. The second kappa shape index (κ2) is 23.4. The molecule has 1 atom stereocenters. The summed E-state index contributed by atoms with van der Waals surface area (Å²) >= 11 is 0. The van der Waals surface area contributed by atoms with Gasteiger partial charge in [-0.05, 0) is 12.8 Å². The van der Waals surface area contributed by atoms with Crippen LogP contribution in [0.2, 0.25) is 0 Å². The fraction of sp³-hybridized carbons (Fsp3) is 0.577. The molecule has 0 bridgehead atoms. The summed E-state index contributed by atoms with van der Waals surface area (Å²) in [6, 6.07) is 0. The van der Waals surface area contributed by atoms with Gasteiger partial charge in [0.05, 0.1) is 6.61 Å². The molecular weight excluding hydrogens is 376 g/mol. The van der Waals surface area contributed by atoms with Crippen LogP contribution in [-0.4, -0.2) is 35.5 Å². The second-order valence-corrected chi connectivity index (χ2v) is 7.38. The SMILES string of the molecule is CCCCCCCCCCCC/C=C/C=C/C=C/C=C/C=C/C(=O)OCC(O)CO. The summed E-state index contributed by atoms with van der Waals surface area (Å²) in [6.45, 7) is 1.63. The summed E-state index contributed by atoms with van der Waals surface area (Å²) in [6.07, 6.45) is 32.2. The smallest absolute Gasteiger partial charge is 0.330 e. The Kier molecular flexibility index (Phi) is 21.9. The Bertz CT molecular complexity index is 529. The van der Waals surface area contributed by atoms with Crippen LogP contribution < -0.4 is 0 Å². The molecule has 0 radical (unpaired) electrons. The number of allylic oxidation sites excluding steroid dienone is 9. The van der Waals surface area contributed by atoms with Crippen molar-refractivity contribution in [3.63, 3.8) is 0 Å². The van der Waals surface area contributed by atoms with E-state index in [-0.39, 0.29) is 6.61 Å². The van der Waals surface area contributed by atoms with Crippen molar-refractivity contribution in [2.24, 2.45) is 0 Å². The third-order valence-corrected chi connectivity index (χ3v) is 4.50. The van der Waals surface area contributed by atoms with E-state index in [9.17, 15) is 4.79 Å². The molecule has 2 N–H and O–H groups in total. The highest BCUT2D eigenvalue weighted by atomic mass is 16.5. The maximum Gasteiger partial charge on any atom is 0.330 e. The number of hydrogen-bond acceptors (Lipinski definition) is 4. The normalized spacial score (nSPS) is 13.6. The van der Waals surface area contributed by atoms with Crippen molar-refractivity contribution in [2.45, 2.75) is 83.7 Å². The summed E-state index contributed by atoms with van der Waals surface area (Å²) in [5.74, 6) is -0.552. The lowest BCUT2D eigenvalue weighted by Crippen LogP contribution is -2.21. The van der Waals surface area contributed by atoms with Crippen LogP contribution in [0.3, 0.4) is 0 Å². The van der Waals surface area contributed by atoms with Gasteiger partial charge < -0.3 is 14.9 Å². The Morgan fingerprint density at radius 3 is 1.83 bits per heavy atom. The van der Waals surface area contributed by atoms with E-state index < -0.39 is 18.7 Å². The lowest BCUT2D eigenvalue weighted by molar-refractivity contribution is -0.141. The van der Waals surface area contributed by atoms with Crippen molar-refractivity contribution < 1.29 is 19.7 Å². The van der Waals surface area contributed by atoms with Crippen LogP contribution in [0.4, 0.5) is 0 Å². The van der Waals surface area contributed by atoms with Crippen LogP contribution in [0.25, 0.3) is 0 Å². The molecule has 0 aromatic rings. The van der Waals surface area contributed by atoms with Gasteiger partial charge in [0, 0.05) is 6.08 Å². The van der Waals surface area contributed by atoms with E-state index in [4.69, 9.17) is 14.9 Å². The summed E-state index contributed by atoms with van der Waals surface area (Å²) in [7, 11) is 0. The van der Waals surface area contributed by atoms with Gasteiger partial charge in [0.25, 0.3) is 0 Å². The van der Waals surface area contributed by atoms with E-state index in [1.807, 2.05) is 30.4 Å². The maximum atomic E-state index is 11.3. The number of unbranched alkanes of at least 4 members (excludes halogenated alkanes) is 10. The third-order valence-electron chi connectivity index (χ3n) is 4.50. The van der Waals surface area contributed by atoms with Crippen LogP contribution in [0.1, 0.15) is 77.6 Å². The standard InChI is InChI=1S/C26H42O4/c1-2-3-4-5-6-7-8-9-10-11-12-13-14-15-16-17-18-19-20-21-22-26(29)30-24-25(28)23-27/h13-22,25,27-28H,2-12,23-24H2,1H3/b14-13+,16-15+,18-17+,20-19+,22-21+. The first-order chi connectivity index (χ1) is 14.7. The van der Waals surface area contributed by atoms with Crippen LogP contribution in [0.15, 0.2) is 60.8 Å². The number of esters is 1. The Labute approximate surface area is 183 Å². The molecule has 170 valence electrons. The minimum absolute atomic E-state index is 0.208. The number of carbonyl (C=O) groups is 1. The van der Waals surface area contributed by atoms with Gasteiger partial charge in [-0.3, -0.25) is 0 Å². The fourth-order valence-electron chi connectivity index (χ4n) is 2.72. The quantitative estimate of drug-likeness (QED) is 0.117.